The van der Waals surface area contributed by atoms with Crippen LogP contribution in [0.15, 0.2) is 74.7 Å². The highest BCUT2D eigenvalue weighted by Gasteiger charge is 2.15. The van der Waals surface area contributed by atoms with E-state index in [0.717, 1.165) is 16.5 Å². The SMILES string of the molecule is CCCCBr.Cc1c(-c2ccccc2)c(=O)oc(=O)n1Cc1ccccc1. The Balaban J connectivity index is 0.000000465. The number of aromatic nitrogens is 1. The van der Waals surface area contributed by atoms with Gasteiger partial charge in [0.15, 0.2) is 0 Å². The molecule has 0 amide bonds. The van der Waals surface area contributed by atoms with Crippen molar-refractivity contribution in [2.45, 2.75) is 33.2 Å². The van der Waals surface area contributed by atoms with Crippen molar-refractivity contribution < 1.29 is 4.42 Å². The van der Waals surface area contributed by atoms with Gasteiger partial charge in [-0.1, -0.05) is 89.9 Å². The standard InChI is InChI=1S/C18H15NO3.C4H9Br/c1-13-16(15-10-6-3-7-11-15)17(20)22-18(21)19(13)12-14-8-4-2-5-9-14;1-2-3-4-5/h2-11H,12H2,1H3;2-4H2,1H3. The van der Waals surface area contributed by atoms with Crippen LogP contribution >= 0.6 is 15.9 Å². The van der Waals surface area contributed by atoms with Gasteiger partial charge >= 0.3 is 11.4 Å². The highest BCUT2D eigenvalue weighted by atomic mass is 79.9. The number of halogens is 1. The average molecular weight is 430 g/mol. The van der Waals surface area contributed by atoms with Gasteiger partial charge < -0.3 is 4.42 Å². The zero-order valence-electron chi connectivity index (χ0n) is 15.7. The van der Waals surface area contributed by atoms with E-state index in [9.17, 15) is 9.59 Å². The Morgan fingerprint density at radius 2 is 1.56 bits per heavy atom. The van der Waals surface area contributed by atoms with Gasteiger partial charge in [0.1, 0.15) is 0 Å². The van der Waals surface area contributed by atoms with Gasteiger partial charge in [0, 0.05) is 11.0 Å². The summed E-state index contributed by atoms with van der Waals surface area (Å²) in [5, 5.41) is 1.16. The Labute approximate surface area is 167 Å². The van der Waals surface area contributed by atoms with Crippen LogP contribution in [0.2, 0.25) is 0 Å². The van der Waals surface area contributed by atoms with Crippen LogP contribution in [0.1, 0.15) is 31.0 Å². The fourth-order valence-corrected chi connectivity index (χ4v) is 3.18. The van der Waals surface area contributed by atoms with E-state index in [0.29, 0.717) is 17.8 Å². The van der Waals surface area contributed by atoms with E-state index < -0.39 is 11.4 Å². The molecule has 0 aliphatic rings. The third-order valence-electron chi connectivity index (χ3n) is 4.10. The van der Waals surface area contributed by atoms with Gasteiger partial charge in [0.2, 0.25) is 0 Å². The van der Waals surface area contributed by atoms with Gasteiger partial charge in [-0.25, -0.2) is 9.59 Å². The molecule has 0 unspecified atom stereocenters. The molecule has 0 radical (unpaired) electrons. The number of hydrogen-bond acceptors (Lipinski definition) is 3. The molecule has 27 heavy (non-hydrogen) atoms. The van der Waals surface area contributed by atoms with Gasteiger partial charge in [0.25, 0.3) is 0 Å². The Bertz CT molecular complexity index is 945. The maximum atomic E-state index is 12.1. The molecule has 0 bridgehead atoms. The molecule has 142 valence electrons. The van der Waals surface area contributed by atoms with Crippen molar-refractivity contribution in [1.82, 2.24) is 4.57 Å². The number of unbranched alkanes of at least 4 members (excludes halogenated alkanes) is 1. The smallest absolute Gasteiger partial charge is 0.372 e. The van der Waals surface area contributed by atoms with E-state index in [4.69, 9.17) is 4.42 Å². The van der Waals surface area contributed by atoms with Crippen LogP contribution in [-0.2, 0) is 6.54 Å². The summed E-state index contributed by atoms with van der Waals surface area (Å²) in [5.74, 6) is -0.633. The molecule has 0 saturated heterocycles. The van der Waals surface area contributed by atoms with Crippen molar-refractivity contribution in [2.75, 3.05) is 5.33 Å². The minimum Gasteiger partial charge on any atom is -0.372 e. The Hall–Kier alpha value is -2.40. The largest absolute Gasteiger partial charge is 0.422 e. The minimum atomic E-state index is -0.633. The van der Waals surface area contributed by atoms with Crippen molar-refractivity contribution in [3.63, 3.8) is 0 Å². The molecule has 4 nitrogen and oxygen atoms in total. The molecule has 0 spiro atoms. The second-order valence-corrected chi connectivity index (χ2v) is 6.89. The minimum absolute atomic E-state index is 0.370. The molecule has 0 N–H and O–H groups in total. The first-order valence-electron chi connectivity index (χ1n) is 8.98. The molecule has 3 rings (SSSR count). The summed E-state index contributed by atoms with van der Waals surface area (Å²) in [6.07, 6.45) is 2.60. The number of nitrogens with zero attached hydrogens (tertiary/aromatic N) is 1. The summed E-state index contributed by atoms with van der Waals surface area (Å²) < 4.78 is 6.38. The quantitative estimate of drug-likeness (QED) is 0.535. The van der Waals surface area contributed by atoms with Gasteiger partial charge in [-0.15, -0.1) is 0 Å². The van der Waals surface area contributed by atoms with Gasteiger partial charge in [0.05, 0.1) is 12.1 Å². The van der Waals surface area contributed by atoms with Crippen LogP contribution in [0.5, 0.6) is 0 Å². The van der Waals surface area contributed by atoms with Gasteiger partial charge in [-0.2, -0.15) is 0 Å². The first kappa shape index (κ1) is 20.9. The van der Waals surface area contributed by atoms with E-state index in [1.54, 1.807) is 6.92 Å². The fraction of sp³-hybridized carbons (Fsp3) is 0.273. The van der Waals surface area contributed by atoms with E-state index >= 15 is 0 Å². The lowest BCUT2D eigenvalue weighted by atomic mass is 10.1. The maximum Gasteiger partial charge on any atom is 0.422 e. The third-order valence-corrected chi connectivity index (χ3v) is 4.67. The molecule has 0 aliphatic carbocycles. The van der Waals surface area contributed by atoms with Crippen LogP contribution in [-0.4, -0.2) is 9.90 Å². The fourth-order valence-electron chi connectivity index (χ4n) is 2.62. The lowest BCUT2D eigenvalue weighted by Crippen LogP contribution is -2.28. The molecule has 0 atom stereocenters. The summed E-state index contributed by atoms with van der Waals surface area (Å²) in [7, 11) is 0. The first-order chi connectivity index (χ1) is 13.1. The van der Waals surface area contributed by atoms with E-state index in [2.05, 4.69) is 22.9 Å². The number of rotatable bonds is 5. The number of benzene rings is 2. The lowest BCUT2D eigenvalue weighted by Gasteiger charge is -2.12. The normalized spacial score (nSPS) is 10.2. The monoisotopic (exact) mass is 429 g/mol. The summed E-state index contributed by atoms with van der Waals surface area (Å²) in [6, 6.07) is 18.8. The predicted octanol–water partition coefficient (Wildman–Crippen LogP) is 5.01. The van der Waals surface area contributed by atoms with Crippen LogP contribution in [0.4, 0.5) is 0 Å². The summed E-state index contributed by atoms with van der Waals surface area (Å²) >= 11 is 3.31. The molecule has 0 saturated carbocycles. The first-order valence-corrected chi connectivity index (χ1v) is 10.1. The highest BCUT2D eigenvalue weighted by Crippen LogP contribution is 2.18. The van der Waals surface area contributed by atoms with Crippen LogP contribution in [0.25, 0.3) is 11.1 Å². The molecule has 1 aromatic heterocycles. The zero-order chi connectivity index (χ0) is 19.6. The molecule has 3 aromatic rings. The zero-order valence-corrected chi connectivity index (χ0v) is 17.2. The molecular formula is C22H24BrNO3. The molecule has 0 aliphatic heterocycles. The summed E-state index contributed by atoms with van der Waals surface area (Å²) in [4.78, 5) is 24.1. The van der Waals surface area contributed by atoms with Crippen molar-refractivity contribution in [2.24, 2.45) is 0 Å². The molecule has 2 aromatic carbocycles. The topological polar surface area (TPSA) is 52.2 Å². The summed E-state index contributed by atoms with van der Waals surface area (Å²) in [6.45, 7) is 4.32. The molecule has 5 heteroatoms. The second-order valence-electron chi connectivity index (χ2n) is 6.10. The van der Waals surface area contributed by atoms with E-state index in [-0.39, 0.29) is 0 Å². The Kier molecular flexibility index (Phi) is 8.27. The molecule has 1 heterocycles. The van der Waals surface area contributed by atoms with Gasteiger partial charge in [-0.05, 0) is 24.5 Å². The van der Waals surface area contributed by atoms with Crippen LogP contribution in [0, 0.1) is 6.92 Å². The van der Waals surface area contributed by atoms with Crippen molar-refractivity contribution in [1.29, 1.82) is 0 Å². The van der Waals surface area contributed by atoms with E-state index in [1.165, 1.54) is 17.4 Å². The average Bonchev–Trinajstić information content (AvgIpc) is 2.68. The van der Waals surface area contributed by atoms with Crippen molar-refractivity contribution in [3.05, 3.63) is 92.9 Å². The Morgan fingerprint density at radius 3 is 2.07 bits per heavy atom. The molecular weight excluding hydrogens is 406 g/mol. The predicted molar refractivity (Wildman–Crippen MR) is 114 cm³/mol. The number of hydrogen-bond donors (Lipinski definition) is 0. The van der Waals surface area contributed by atoms with Crippen LogP contribution in [0.3, 0.4) is 0 Å². The van der Waals surface area contributed by atoms with E-state index in [1.807, 2.05) is 60.7 Å². The second kappa shape index (κ2) is 10.7. The Morgan fingerprint density at radius 1 is 0.963 bits per heavy atom. The van der Waals surface area contributed by atoms with Crippen molar-refractivity contribution in [3.8, 4) is 11.1 Å². The maximum absolute atomic E-state index is 12.1. The third kappa shape index (κ3) is 5.79. The number of alkyl halides is 1. The highest BCUT2D eigenvalue weighted by molar-refractivity contribution is 9.09. The van der Waals surface area contributed by atoms with Crippen molar-refractivity contribution >= 4 is 15.9 Å². The van der Waals surface area contributed by atoms with Crippen LogP contribution < -0.4 is 11.4 Å². The van der Waals surface area contributed by atoms with Gasteiger partial charge in [-0.3, -0.25) is 4.57 Å². The lowest BCUT2D eigenvalue weighted by molar-refractivity contribution is 0.407. The molecule has 0 fully saturated rings. The summed E-state index contributed by atoms with van der Waals surface area (Å²) in [5.41, 5.74) is 2.15.